The molecule has 2 rings (SSSR count). The Labute approximate surface area is 37.7 Å². The lowest BCUT2D eigenvalue weighted by Gasteiger charge is -2.25. The Morgan fingerprint density at radius 3 is 2.17 bits per heavy atom. The smallest absolute Gasteiger partial charge is 0.00231 e. The van der Waals surface area contributed by atoms with E-state index in [1.165, 1.54) is 19.5 Å². The van der Waals surface area contributed by atoms with Crippen LogP contribution >= 0.6 is 0 Å². The van der Waals surface area contributed by atoms with Gasteiger partial charge in [-0.05, 0) is 18.3 Å². The highest BCUT2D eigenvalue weighted by atomic mass is 15.0. The van der Waals surface area contributed by atoms with Crippen LogP contribution < -0.4 is 5.32 Å². The molecule has 33 valence electrons. The molecular weight excluding hydrogens is 74.1 g/mol. The Kier molecular flexibility index (Phi) is 0.327. The Bertz CT molecular complexity index is 68.0. The molecule has 1 heterocycles. The van der Waals surface area contributed by atoms with Crippen molar-refractivity contribution in [3.05, 3.63) is 6.42 Å². The van der Waals surface area contributed by atoms with Crippen LogP contribution in [0, 0.1) is 11.8 Å². The van der Waals surface area contributed by atoms with E-state index in [0.29, 0.717) is 0 Å². The van der Waals surface area contributed by atoms with E-state index in [2.05, 4.69) is 11.7 Å². The Morgan fingerprint density at radius 1 is 1.50 bits per heavy atom. The van der Waals surface area contributed by atoms with Crippen LogP contribution in [-0.2, 0) is 0 Å². The van der Waals surface area contributed by atoms with Crippen LogP contribution in [0.3, 0.4) is 0 Å². The van der Waals surface area contributed by atoms with Crippen molar-refractivity contribution >= 4 is 0 Å². The van der Waals surface area contributed by atoms with Crippen molar-refractivity contribution in [2.75, 3.05) is 13.1 Å². The zero-order valence-corrected chi connectivity index (χ0v) is 3.70. The normalized spacial score (nSPS) is 36.0. The summed E-state index contributed by atoms with van der Waals surface area (Å²) in [4.78, 5) is 0. The van der Waals surface area contributed by atoms with Crippen molar-refractivity contribution in [2.24, 2.45) is 5.41 Å². The molecule has 0 aromatic carbocycles. The number of nitrogens with one attached hydrogen (secondary N) is 1. The third-order valence-corrected chi connectivity index (χ3v) is 1.74. The average Bonchev–Trinajstić information content (AvgIpc) is 2.02. The second-order valence-electron chi connectivity index (χ2n) is 2.37. The lowest BCUT2D eigenvalue weighted by Crippen LogP contribution is -2.43. The highest BCUT2D eigenvalue weighted by Crippen LogP contribution is 2.47. The maximum absolute atomic E-state index is 3.23. The summed E-state index contributed by atoms with van der Waals surface area (Å²) in [6.07, 6.45) is 3.77. The third-order valence-electron chi connectivity index (χ3n) is 1.74. The quantitative estimate of drug-likeness (QED) is 0.439. The summed E-state index contributed by atoms with van der Waals surface area (Å²) in [5.41, 5.74) is 0.736. The lowest BCUT2D eigenvalue weighted by atomic mass is 10.0. The van der Waals surface area contributed by atoms with Crippen LogP contribution in [0.2, 0.25) is 0 Å². The van der Waals surface area contributed by atoms with Gasteiger partial charge in [-0.25, -0.2) is 0 Å². The third kappa shape index (κ3) is 0.207. The minimum Gasteiger partial charge on any atom is -0.316 e. The first-order valence-electron chi connectivity index (χ1n) is 2.46. The van der Waals surface area contributed by atoms with Crippen molar-refractivity contribution in [2.45, 2.75) is 6.42 Å². The van der Waals surface area contributed by atoms with Crippen LogP contribution in [-0.4, -0.2) is 13.1 Å². The molecule has 2 aliphatic rings. The van der Waals surface area contributed by atoms with Gasteiger partial charge in [0, 0.05) is 13.1 Å². The second kappa shape index (κ2) is 0.648. The summed E-state index contributed by atoms with van der Waals surface area (Å²) in [6.45, 7) is 2.51. The molecule has 0 aromatic rings. The maximum Gasteiger partial charge on any atom is 0.00231 e. The van der Waals surface area contributed by atoms with E-state index in [0.717, 1.165) is 5.41 Å². The fourth-order valence-corrected chi connectivity index (χ4v) is 0.879. The van der Waals surface area contributed by atoms with Gasteiger partial charge in [0.25, 0.3) is 0 Å². The van der Waals surface area contributed by atoms with E-state index < -0.39 is 0 Å². The van der Waals surface area contributed by atoms with Crippen LogP contribution in [0.4, 0.5) is 0 Å². The van der Waals surface area contributed by atoms with Gasteiger partial charge in [-0.3, -0.25) is 0 Å². The van der Waals surface area contributed by atoms with Crippen molar-refractivity contribution in [1.82, 2.24) is 5.32 Å². The fourth-order valence-electron chi connectivity index (χ4n) is 0.879. The van der Waals surface area contributed by atoms with Gasteiger partial charge in [-0.1, -0.05) is 0 Å². The molecule has 1 saturated heterocycles. The summed E-state index contributed by atoms with van der Waals surface area (Å²) in [7, 11) is 0. The van der Waals surface area contributed by atoms with Gasteiger partial charge in [0.1, 0.15) is 0 Å². The van der Waals surface area contributed by atoms with Gasteiger partial charge in [-0.15, -0.1) is 0 Å². The molecule has 1 radical (unpaired) electrons. The monoisotopic (exact) mass is 82.1 g/mol. The van der Waals surface area contributed by atoms with Gasteiger partial charge in [0.15, 0.2) is 0 Å². The first-order valence-corrected chi connectivity index (χ1v) is 2.46. The van der Waals surface area contributed by atoms with Crippen molar-refractivity contribution < 1.29 is 0 Å². The van der Waals surface area contributed by atoms with Crippen molar-refractivity contribution in [3.63, 3.8) is 0 Å². The molecule has 1 heteroatoms. The molecule has 1 aliphatic carbocycles. The predicted molar refractivity (Wildman–Crippen MR) is 24.2 cm³/mol. The van der Waals surface area contributed by atoms with Crippen molar-refractivity contribution in [1.29, 1.82) is 0 Å². The summed E-state index contributed by atoms with van der Waals surface area (Å²) < 4.78 is 0. The number of hydrogen-bond donors (Lipinski definition) is 1. The summed E-state index contributed by atoms with van der Waals surface area (Å²) in [6, 6.07) is 0. The van der Waals surface area contributed by atoms with Crippen molar-refractivity contribution in [3.8, 4) is 0 Å². The molecule has 6 heavy (non-hydrogen) atoms. The van der Waals surface area contributed by atoms with Gasteiger partial charge in [0.2, 0.25) is 0 Å². The topological polar surface area (TPSA) is 12.0 Å². The summed E-state index contributed by atoms with van der Waals surface area (Å²) >= 11 is 0. The van der Waals surface area contributed by atoms with Gasteiger partial charge in [0.05, 0.1) is 0 Å². The van der Waals surface area contributed by atoms with E-state index in [-0.39, 0.29) is 0 Å². The average molecular weight is 82.1 g/mol. The van der Waals surface area contributed by atoms with Gasteiger partial charge in [-0.2, -0.15) is 0 Å². The molecule has 2 fully saturated rings. The van der Waals surface area contributed by atoms with Gasteiger partial charge < -0.3 is 5.32 Å². The van der Waals surface area contributed by atoms with E-state index in [4.69, 9.17) is 0 Å². The summed E-state index contributed by atoms with van der Waals surface area (Å²) in [5, 5.41) is 3.23. The minimum atomic E-state index is 0.736. The highest BCUT2D eigenvalue weighted by molar-refractivity contribution is 5.17. The lowest BCUT2D eigenvalue weighted by molar-refractivity contribution is 0.341. The van der Waals surface area contributed by atoms with E-state index in [1.54, 1.807) is 0 Å². The molecule has 0 aromatic heterocycles. The highest BCUT2D eigenvalue weighted by Gasteiger charge is 2.47. The summed E-state index contributed by atoms with van der Waals surface area (Å²) in [5.74, 6) is 0. The molecule has 1 saturated carbocycles. The van der Waals surface area contributed by atoms with Crippen LogP contribution in [0.1, 0.15) is 6.42 Å². The maximum atomic E-state index is 3.23. The molecule has 0 unspecified atom stereocenters. The number of rotatable bonds is 0. The molecule has 1 N–H and O–H groups in total. The van der Waals surface area contributed by atoms with Crippen LogP contribution in [0.5, 0.6) is 0 Å². The van der Waals surface area contributed by atoms with E-state index in [1.807, 2.05) is 0 Å². The standard InChI is InChI=1S/C5H8N/c1-2-5(1)3-6-4-5/h1,6H,2-4H2. The SMILES string of the molecule is [CH]1CC12CNC2. The first-order chi connectivity index (χ1) is 2.91. The molecule has 0 amide bonds. The largest absolute Gasteiger partial charge is 0.316 e. The molecule has 0 atom stereocenters. The number of hydrogen-bond acceptors (Lipinski definition) is 1. The van der Waals surface area contributed by atoms with Gasteiger partial charge >= 0.3 is 0 Å². The second-order valence-corrected chi connectivity index (χ2v) is 2.37. The zero-order valence-electron chi connectivity index (χ0n) is 3.70. The van der Waals surface area contributed by atoms with E-state index in [9.17, 15) is 0 Å². The Balaban J connectivity index is 2.09. The first kappa shape index (κ1) is 3.03. The molecule has 0 bridgehead atoms. The molecule has 1 spiro atoms. The molecule has 1 aliphatic heterocycles. The molecule has 1 nitrogen and oxygen atoms in total. The Hall–Kier alpha value is -0.0400. The van der Waals surface area contributed by atoms with Crippen LogP contribution in [0.15, 0.2) is 0 Å². The zero-order chi connectivity index (χ0) is 4.04. The fraction of sp³-hybridized carbons (Fsp3) is 0.800. The van der Waals surface area contributed by atoms with E-state index >= 15 is 0 Å². The Morgan fingerprint density at radius 2 is 2.17 bits per heavy atom. The predicted octanol–water partition coefficient (Wildman–Crippen LogP) is 0.184. The molecular formula is C5H8N. The van der Waals surface area contributed by atoms with Crippen LogP contribution in [0.25, 0.3) is 0 Å². The minimum absolute atomic E-state index is 0.736.